The number of hydrogen-bond acceptors (Lipinski definition) is 4. The van der Waals surface area contributed by atoms with Gasteiger partial charge in [0.25, 0.3) is 0 Å². The molecule has 0 fully saturated rings. The van der Waals surface area contributed by atoms with Crippen molar-refractivity contribution >= 4 is 0 Å². The number of rotatable bonds is 6. The van der Waals surface area contributed by atoms with Crippen LogP contribution in [0, 0.1) is 0 Å². The number of aromatic nitrogens is 2. The van der Waals surface area contributed by atoms with E-state index in [-0.39, 0.29) is 6.04 Å². The van der Waals surface area contributed by atoms with Crippen molar-refractivity contribution in [2.75, 3.05) is 13.7 Å². The van der Waals surface area contributed by atoms with E-state index in [9.17, 15) is 0 Å². The van der Waals surface area contributed by atoms with E-state index in [4.69, 9.17) is 15.2 Å². The fraction of sp³-hybridized carbons (Fsp3) is 0.400. The first kappa shape index (κ1) is 14.4. The van der Waals surface area contributed by atoms with Gasteiger partial charge in [0.1, 0.15) is 0 Å². The molecule has 0 spiro atoms. The third kappa shape index (κ3) is 3.30. The molecule has 1 aromatic heterocycles. The normalized spacial score (nSPS) is 12.2. The van der Waals surface area contributed by atoms with Gasteiger partial charge in [-0.3, -0.25) is 4.68 Å². The molecule has 0 amide bonds. The van der Waals surface area contributed by atoms with Crippen LogP contribution in [0.1, 0.15) is 24.2 Å². The lowest BCUT2D eigenvalue weighted by Gasteiger charge is -2.13. The first-order valence-corrected chi connectivity index (χ1v) is 6.65. The second-order valence-corrected chi connectivity index (χ2v) is 4.74. The standard InChI is InChI=1S/C15H21N3O2/c1-11(16)12-4-5-14(15(10-12)19-3)20-9-7-13-6-8-17-18(13)2/h4-6,8,10-11H,7,9,16H2,1-3H3/t11-/m0/s1. The Labute approximate surface area is 119 Å². The first-order valence-electron chi connectivity index (χ1n) is 6.65. The lowest BCUT2D eigenvalue weighted by Crippen LogP contribution is -2.08. The summed E-state index contributed by atoms with van der Waals surface area (Å²) in [6, 6.07) is 7.75. The van der Waals surface area contributed by atoms with Gasteiger partial charge >= 0.3 is 0 Å². The summed E-state index contributed by atoms with van der Waals surface area (Å²) in [5, 5.41) is 4.13. The Morgan fingerprint density at radius 3 is 2.70 bits per heavy atom. The molecule has 20 heavy (non-hydrogen) atoms. The average molecular weight is 275 g/mol. The molecule has 1 atom stereocenters. The summed E-state index contributed by atoms with van der Waals surface area (Å²) in [4.78, 5) is 0. The van der Waals surface area contributed by atoms with Crippen LogP contribution in [0.3, 0.4) is 0 Å². The quantitative estimate of drug-likeness (QED) is 0.876. The first-order chi connectivity index (χ1) is 9.61. The van der Waals surface area contributed by atoms with Gasteiger partial charge in [-0.15, -0.1) is 0 Å². The van der Waals surface area contributed by atoms with Gasteiger partial charge in [-0.25, -0.2) is 0 Å². The van der Waals surface area contributed by atoms with Gasteiger partial charge in [0, 0.05) is 31.4 Å². The largest absolute Gasteiger partial charge is 0.493 e. The van der Waals surface area contributed by atoms with Crippen molar-refractivity contribution in [2.24, 2.45) is 12.8 Å². The number of nitrogens with two attached hydrogens (primary N) is 1. The van der Waals surface area contributed by atoms with Crippen LogP contribution in [0.2, 0.25) is 0 Å². The van der Waals surface area contributed by atoms with Gasteiger partial charge in [0.15, 0.2) is 11.5 Å². The molecule has 0 bridgehead atoms. The Kier molecular flexibility index (Phi) is 4.63. The Hall–Kier alpha value is -2.01. The van der Waals surface area contributed by atoms with Crippen molar-refractivity contribution in [2.45, 2.75) is 19.4 Å². The summed E-state index contributed by atoms with van der Waals surface area (Å²) in [6.07, 6.45) is 2.59. The molecule has 2 aromatic rings. The smallest absolute Gasteiger partial charge is 0.161 e. The molecule has 1 aromatic carbocycles. The maximum atomic E-state index is 5.86. The molecular formula is C15H21N3O2. The highest BCUT2D eigenvalue weighted by Crippen LogP contribution is 2.29. The summed E-state index contributed by atoms with van der Waals surface area (Å²) in [5.41, 5.74) is 8.03. The highest BCUT2D eigenvalue weighted by molar-refractivity contribution is 5.43. The zero-order chi connectivity index (χ0) is 14.5. The molecule has 0 saturated heterocycles. The predicted octanol–water partition coefficient (Wildman–Crippen LogP) is 2.07. The van der Waals surface area contributed by atoms with Crippen LogP contribution < -0.4 is 15.2 Å². The highest BCUT2D eigenvalue weighted by atomic mass is 16.5. The summed E-state index contributed by atoms with van der Waals surface area (Å²) in [7, 11) is 3.56. The fourth-order valence-corrected chi connectivity index (χ4v) is 2.00. The van der Waals surface area contributed by atoms with Crippen LogP contribution in [0.15, 0.2) is 30.5 Å². The Morgan fingerprint density at radius 1 is 1.30 bits per heavy atom. The van der Waals surface area contributed by atoms with Crippen LogP contribution in [-0.4, -0.2) is 23.5 Å². The SMILES string of the molecule is COc1cc([C@H](C)N)ccc1OCCc1ccnn1C. The molecule has 5 heteroatoms. The molecule has 0 aliphatic heterocycles. The maximum absolute atomic E-state index is 5.86. The van der Waals surface area contributed by atoms with Crippen molar-refractivity contribution in [3.05, 3.63) is 41.7 Å². The van der Waals surface area contributed by atoms with E-state index in [0.717, 1.165) is 23.4 Å². The van der Waals surface area contributed by atoms with E-state index < -0.39 is 0 Å². The van der Waals surface area contributed by atoms with Gasteiger partial charge in [-0.2, -0.15) is 5.10 Å². The maximum Gasteiger partial charge on any atom is 0.161 e. The Morgan fingerprint density at radius 2 is 2.10 bits per heavy atom. The molecule has 0 saturated carbocycles. The summed E-state index contributed by atoms with van der Waals surface area (Å²) < 4.78 is 13.0. The van der Waals surface area contributed by atoms with Crippen LogP contribution in [0.25, 0.3) is 0 Å². The van der Waals surface area contributed by atoms with E-state index in [1.54, 1.807) is 13.3 Å². The summed E-state index contributed by atoms with van der Waals surface area (Å²) >= 11 is 0. The topological polar surface area (TPSA) is 62.3 Å². The van der Waals surface area contributed by atoms with Crippen LogP contribution >= 0.6 is 0 Å². The molecule has 0 aliphatic carbocycles. The molecule has 0 aliphatic rings. The number of aryl methyl sites for hydroxylation is 1. The molecule has 2 N–H and O–H groups in total. The number of benzene rings is 1. The number of ether oxygens (including phenoxy) is 2. The zero-order valence-electron chi connectivity index (χ0n) is 12.2. The molecule has 5 nitrogen and oxygen atoms in total. The van der Waals surface area contributed by atoms with E-state index in [1.165, 1.54) is 0 Å². The van der Waals surface area contributed by atoms with Crippen LogP contribution in [0.5, 0.6) is 11.5 Å². The predicted molar refractivity (Wildman–Crippen MR) is 78.0 cm³/mol. The average Bonchev–Trinajstić information content (AvgIpc) is 2.84. The van der Waals surface area contributed by atoms with Crippen molar-refractivity contribution in [3.63, 3.8) is 0 Å². The second-order valence-electron chi connectivity index (χ2n) is 4.74. The third-order valence-corrected chi connectivity index (χ3v) is 3.25. The van der Waals surface area contributed by atoms with Gasteiger partial charge in [-0.1, -0.05) is 6.07 Å². The molecule has 0 unspecified atom stereocenters. The van der Waals surface area contributed by atoms with Gasteiger partial charge in [0.2, 0.25) is 0 Å². The molecular weight excluding hydrogens is 254 g/mol. The van der Waals surface area contributed by atoms with Gasteiger partial charge in [-0.05, 0) is 30.7 Å². The molecule has 2 rings (SSSR count). The summed E-state index contributed by atoms with van der Waals surface area (Å²) in [5.74, 6) is 1.45. The monoisotopic (exact) mass is 275 g/mol. The lowest BCUT2D eigenvalue weighted by molar-refractivity contribution is 0.295. The minimum absolute atomic E-state index is 0.0209. The van der Waals surface area contributed by atoms with Crippen LogP contribution in [-0.2, 0) is 13.5 Å². The second kappa shape index (κ2) is 6.43. The van der Waals surface area contributed by atoms with Crippen LogP contribution in [0.4, 0.5) is 0 Å². The van der Waals surface area contributed by atoms with Crippen molar-refractivity contribution in [1.82, 2.24) is 9.78 Å². The van der Waals surface area contributed by atoms with Crippen molar-refractivity contribution < 1.29 is 9.47 Å². The summed E-state index contributed by atoms with van der Waals surface area (Å²) in [6.45, 7) is 2.52. The lowest BCUT2D eigenvalue weighted by atomic mass is 10.1. The Balaban J connectivity index is 2.00. The number of methoxy groups -OCH3 is 1. The van der Waals surface area contributed by atoms with Gasteiger partial charge < -0.3 is 15.2 Å². The minimum Gasteiger partial charge on any atom is -0.493 e. The fourth-order valence-electron chi connectivity index (χ4n) is 2.00. The molecule has 0 radical (unpaired) electrons. The highest BCUT2D eigenvalue weighted by Gasteiger charge is 2.08. The van der Waals surface area contributed by atoms with E-state index in [1.807, 2.05) is 42.9 Å². The molecule has 1 heterocycles. The van der Waals surface area contributed by atoms with E-state index in [0.29, 0.717) is 12.4 Å². The third-order valence-electron chi connectivity index (χ3n) is 3.25. The van der Waals surface area contributed by atoms with Crippen molar-refractivity contribution in [3.8, 4) is 11.5 Å². The van der Waals surface area contributed by atoms with Crippen molar-refractivity contribution in [1.29, 1.82) is 0 Å². The van der Waals surface area contributed by atoms with E-state index >= 15 is 0 Å². The van der Waals surface area contributed by atoms with Gasteiger partial charge in [0.05, 0.1) is 13.7 Å². The number of nitrogens with zero attached hydrogens (tertiary/aromatic N) is 2. The molecule has 108 valence electrons. The van der Waals surface area contributed by atoms with E-state index in [2.05, 4.69) is 5.10 Å². The number of hydrogen-bond donors (Lipinski definition) is 1. The zero-order valence-corrected chi connectivity index (χ0v) is 12.2. The minimum atomic E-state index is -0.0209. The Bertz CT molecular complexity index is 564.